The third kappa shape index (κ3) is 3.00. The Morgan fingerprint density at radius 2 is 1.68 bits per heavy atom. The van der Waals surface area contributed by atoms with Crippen LogP contribution < -0.4 is 0 Å². The van der Waals surface area contributed by atoms with E-state index in [1.165, 1.54) is 25.9 Å². The second-order valence-corrected chi connectivity index (χ2v) is 7.52. The molecular weight excluding hydrogens is 232 g/mol. The predicted molar refractivity (Wildman–Crippen MR) is 85.6 cm³/mol. The average Bonchev–Trinajstić information content (AvgIpc) is 2.26. The number of nitrogens with zero attached hydrogens (tertiary/aromatic N) is 2. The molecule has 1 fully saturated rings. The molecule has 0 aromatic heterocycles. The average molecular weight is 268 g/mol. The van der Waals surface area contributed by atoms with Gasteiger partial charge >= 0.3 is 0 Å². The lowest BCUT2D eigenvalue weighted by Gasteiger charge is -2.61. The van der Waals surface area contributed by atoms with Crippen LogP contribution in [0.25, 0.3) is 0 Å². The number of hydrogen-bond acceptors (Lipinski definition) is 2. The van der Waals surface area contributed by atoms with Gasteiger partial charge in [-0.2, -0.15) is 0 Å². The maximum atomic E-state index is 2.66. The Balaban J connectivity index is 2.93. The number of likely N-dealkylation sites (tertiary alicyclic amines) is 1. The van der Waals surface area contributed by atoms with Gasteiger partial charge in [0.05, 0.1) is 0 Å². The topological polar surface area (TPSA) is 6.48 Å². The van der Waals surface area contributed by atoms with Crippen LogP contribution in [-0.2, 0) is 0 Å². The van der Waals surface area contributed by atoms with Crippen LogP contribution in [0.4, 0.5) is 0 Å². The molecule has 1 aliphatic heterocycles. The van der Waals surface area contributed by atoms with Gasteiger partial charge in [-0.3, -0.25) is 4.90 Å². The third-order valence-electron chi connectivity index (χ3n) is 5.81. The fourth-order valence-electron chi connectivity index (χ4n) is 4.30. The Hall–Kier alpha value is -0.0800. The summed E-state index contributed by atoms with van der Waals surface area (Å²) in [6.07, 6.45) is 2.67. The lowest BCUT2D eigenvalue weighted by Crippen LogP contribution is -2.66. The van der Waals surface area contributed by atoms with Crippen molar-refractivity contribution in [3.63, 3.8) is 0 Å². The summed E-state index contributed by atoms with van der Waals surface area (Å²) in [4.78, 5) is 5.14. The molecular formula is C17H36N2. The van der Waals surface area contributed by atoms with Crippen LogP contribution in [-0.4, -0.2) is 48.6 Å². The number of hydrogen-bond donors (Lipinski definition) is 0. The van der Waals surface area contributed by atoms with E-state index in [9.17, 15) is 0 Å². The van der Waals surface area contributed by atoms with Gasteiger partial charge < -0.3 is 4.90 Å². The van der Waals surface area contributed by atoms with Crippen LogP contribution in [0, 0.1) is 10.8 Å². The van der Waals surface area contributed by atoms with Crippen molar-refractivity contribution in [3.05, 3.63) is 0 Å². The van der Waals surface area contributed by atoms with E-state index in [2.05, 4.69) is 65.3 Å². The van der Waals surface area contributed by atoms with E-state index in [1.54, 1.807) is 0 Å². The van der Waals surface area contributed by atoms with E-state index in [4.69, 9.17) is 0 Å². The molecule has 1 unspecified atom stereocenters. The normalized spacial score (nSPS) is 21.8. The molecule has 0 N–H and O–H groups in total. The highest BCUT2D eigenvalue weighted by atomic mass is 15.2. The van der Waals surface area contributed by atoms with Gasteiger partial charge in [-0.25, -0.2) is 0 Å². The second-order valence-electron chi connectivity index (χ2n) is 7.52. The fraction of sp³-hybridized carbons (Fsp3) is 1.00. The Kier molecular flexibility index (Phi) is 5.48. The first-order valence-corrected chi connectivity index (χ1v) is 8.16. The van der Waals surface area contributed by atoms with E-state index < -0.39 is 0 Å². The van der Waals surface area contributed by atoms with Crippen molar-refractivity contribution in [2.45, 2.75) is 73.4 Å². The maximum Gasteiger partial charge on any atom is 0.0127 e. The Bertz CT molecular complexity index is 271. The minimum atomic E-state index is 0.371. The zero-order chi connectivity index (χ0) is 14.8. The van der Waals surface area contributed by atoms with Gasteiger partial charge in [-0.1, -0.05) is 34.1 Å². The van der Waals surface area contributed by atoms with Crippen LogP contribution in [0.3, 0.4) is 0 Å². The molecule has 0 aromatic rings. The van der Waals surface area contributed by atoms with Crippen molar-refractivity contribution in [2.24, 2.45) is 10.8 Å². The molecule has 114 valence electrons. The van der Waals surface area contributed by atoms with E-state index in [1.807, 2.05) is 0 Å². The molecule has 1 heterocycles. The lowest BCUT2D eigenvalue weighted by molar-refractivity contribution is -0.120. The van der Waals surface area contributed by atoms with Crippen LogP contribution in [0.5, 0.6) is 0 Å². The molecule has 0 saturated carbocycles. The van der Waals surface area contributed by atoms with E-state index >= 15 is 0 Å². The molecule has 1 rings (SSSR count). The van der Waals surface area contributed by atoms with Crippen LogP contribution in [0.1, 0.15) is 61.3 Å². The lowest BCUT2D eigenvalue weighted by atomic mass is 9.55. The SMILES string of the molecule is CCCC1(C(C)(C)C(C)N(CC)C(C)C)CN(C)C1. The monoisotopic (exact) mass is 268 g/mol. The first-order valence-electron chi connectivity index (χ1n) is 8.16. The smallest absolute Gasteiger partial charge is 0.0127 e. The van der Waals surface area contributed by atoms with Crippen LogP contribution in [0.2, 0.25) is 0 Å². The van der Waals surface area contributed by atoms with Gasteiger partial charge in [0.2, 0.25) is 0 Å². The summed E-state index contributed by atoms with van der Waals surface area (Å²) in [7, 11) is 2.26. The molecule has 0 spiro atoms. The maximum absolute atomic E-state index is 2.66. The van der Waals surface area contributed by atoms with Crippen molar-refractivity contribution in [3.8, 4) is 0 Å². The van der Waals surface area contributed by atoms with Crippen LogP contribution in [0.15, 0.2) is 0 Å². The molecule has 1 atom stereocenters. The van der Waals surface area contributed by atoms with Crippen LogP contribution >= 0.6 is 0 Å². The number of rotatable bonds is 7. The summed E-state index contributed by atoms with van der Waals surface area (Å²) in [5.41, 5.74) is 0.883. The minimum absolute atomic E-state index is 0.371. The fourth-order valence-corrected chi connectivity index (χ4v) is 4.30. The molecule has 1 aliphatic rings. The zero-order valence-electron chi connectivity index (χ0n) is 14.6. The van der Waals surface area contributed by atoms with Gasteiger partial charge in [0.25, 0.3) is 0 Å². The van der Waals surface area contributed by atoms with Gasteiger partial charge in [0.15, 0.2) is 0 Å². The quantitative estimate of drug-likeness (QED) is 0.692. The van der Waals surface area contributed by atoms with Crippen molar-refractivity contribution in [2.75, 3.05) is 26.7 Å². The second kappa shape index (κ2) is 6.13. The molecule has 0 aliphatic carbocycles. The Morgan fingerprint density at radius 3 is 2.00 bits per heavy atom. The molecule has 2 nitrogen and oxygen atoms in total. The zero-order valence-corrected chi connectivity index (χ0v) is 14.6. The summed E-state index contributed by atoms with van der Waals surface area (Å²) in [6.45, 7) is 20.4. The molecule has 0 bridgehead atoms. The van der Waals surface area contributed by atoms with Gasteiger partial charge in [-0.05, 0) is 46.2 Å². The highest BCUT2D eigenvalue weighted by molar-refractivity contribution is 5.06. The largest absolute Gasteiger partial charge is 0.305 e. The summed E-state index contributed by atoms with van der Waals surface area (Å²) in [6, 6.07) is 1.27. The third-order valence-corrected chi connectivity index (χ3v) is 5.81. The summed E-state index contributed by atoms with van der Waals surface area (Å²) < 4.78 is 0. The van der Waals surface area contributed by atoms with Gasteiger partial charge in [0.1, 0.15) is 0 Å². The van der Waals surface area contributed by atoms with E-state index in [0.717, 1.165) is 6.54 Å². The van der Waals surface area contributed by atoms with Crippen molar-refractivity contribution >= 4 is 0 Å². The van der Waals surface area contributed by atoms with E-state index in [0.29, 0.717) is 22.9 Å². The summed E-state index contributed by atoms with van der Waals surface area (Å²) >= 11 is 0. The first kappa shape index (κ1) is 17.0. The molecule has 0 aromatic carbocycles. The van der Waals surface area contributed by atoms with Gasteiger partial charge in [0, 0.05) is 30.6 Å². The summed E-state index contributed by atoms with van der Waals surface area (Å²) in [5.74, 6) is 0. The first-order chi connectivity index (χ1) is 8.71. The standard InChI is InChI=1S/C17H36N2/c1-9-11-17(12-18(8)13-17)16(6,7)15(5)19(10-2)14(3)4/h14-15H,9-13H2,1-8H3. The van der Waals surface area contributed by atoms with E-state index in [-0.39, 0.29) is 0 Å². The van der Waals surface area contributed by atoms with Gasteiger partial charge in [-0.15, -0.1) is 0 Å². The highest BCUT2D eigenvalue weighted by Gasteiger charge is 2.54. The minimum Gasteiger partial charge on any atom is -0.305 e. The molecule has 0 radical (unpaired) electrons. The summed E-state index contributed by atoms with van der Waals surface area (Å²) in [5, 5.41) is 0. The Labute approximate surface area is 121 Å². The predicted octanol–water partition coefficient (Wildman–Crippen LogP) is 3.86. The highest BCUT2D eigenvalue weighted by Crippen LogP contribution is 2.52. The van der Waals surface area contributed by atoms with Crippen molar-refractivity contribution < 1.29 is 0 Å². The van der Waals surface area contributed by atoms with Crippen molar-refractivity contribution in [1.82, 2.24) is 9.80 Å². The molecule has 19 heavy (non-hydrogen) atoms. The van der Waals surface area contributed by atoms with Crippen molar-refractivity contribution in [1.29, 1.82) is 0 Å². The molecule has 1 saturated heterocycles. The molecule has 0 amide bonds. The molecule has 2 heteroatoms. The Morgan fingerprint density at radius 1 is 1.16 bits per heavy atom.